The van der Waals surface area contributed by atoms with Crippen LogP contribution in [-0.2, 0) is 11.2 Å². The van der Waals surface area contributed by atoms with Crippen molar-refractivity contribution in [1.82, 2.24) is 5.16 Å². The maximum Gasteiger partial charge on any atom is 0.307 e. The Labute approximate surface area is 171 Å². The lowest BCUT2D eigenvalue weighted by Gasteiger charge is -2.19. The van der Waals surface area contributed by atoms with Crippen molar-refractivity contribution in [2.24, 2.45) is 0 Å². The van der Waals surface area contributed by atoms with E-state index in [9.17, 15) is 4.79 Å². The Morgan fingerprint density at radius 3 is 2.55 bits per heavy atom. The number of benzene rings is 2. The number of hydrogen-bond donors (Lipinski definition) is 1. The summed E-state index contributed by atoms with van der Waals surface area (Å²) in [5.74, 6) is -0.0932. The summed E-state index contributed by atoms with van der Waals surface area (Å²) in [6, 6.07) is 15.6. The summed E-state index contributed by atoms with van der Waals surface area (Å²) >= 11 is 0. The molecule has 5 heteroatoms. The molecule has 2 aromatic carbocycles. The van der Waals surface area contributed by atoms with Gasteiger partial charge in [-0.1, -0.05) is 59.8 Å². The maximum atomic E-state index is 11.2. The molecule has 0 bridgehead atoms. The maximum absolute atomic E-state index is 11.2. The lowest BCUT2D eigenvalue weighted by atomic mass is 9.96. The Balaban J connectivity index is 1.89. The van der Waals surface area contributed by atoms with Crippen LogP contribution in [0.4, 0.5) is 5.69 Å². The van der Waals surface area contributed by atoms with Crippen LogP contribution in [0.1, 0.15) is 24.1 Å². The summed E-state index contributed by atoms with van der Waals surface area (Å²) in [5, 5.41) is 13.3. The van der Waals surface area contributed by atoms with Gasteiger partial charge in [0.05, 0.1) is 6.42 Å². The molecule has 0 fully saturated rings. The van der Waals surface area contributed by atoms with E-state index in [2.05, 4.69) is 16.6 Å². The standard InChI is InChI=1S/C24H26N2O3/c1-4-5-8-15-26(3)23-17(2)25-29-24(23)19-13-11-18(12-14-19)21-10-7-6-9-20(21)16-22(27)28/h4,6-7,9-14H,1,5,8,15-16H2,2-3H3,(H,27,28). The van der Waals surface area contributed by atoms with Gasteiger partial charge in [0.2, 0.25) is 0 Å². The SMILES string of the molecule is C=CCCCN(C)c1c(C)noc1-c1ccc(-c2ccccc2CC(=O)O)cc1. The number of carbonyl (C=O) groups is 1. The number of unbranched alkanes of at least 4 members (excludes halogenated alkanes) is 1. The number of allylic oxidation sites excluding steroid dienone is 1. The highest BCUT2D eigenvalue weighted by molar-refractivity contribution is 5.79. The highest BCUT2D eigenvalue weighted by Gasteiger charge is 2.19. The number of aliphatic carboxylic acids is 1. The van der Waals surface area contributed by atoms with E-state index in [1.54, 1.807) is 0 Å². The van der Waals surface area contributed by atoms with Gasteiger partial charge < -0.3 is 14.5 Å². The van der Waals surface area contributed by atoms with Crippen LogP contribution in [0.15, 0.2) is 65.7 Å². The molecule has 0 aliphatic rings. The fraction of sp³-hybridized carbons (Fsp3) is 0.250. The average molecular weight is 390 g/mol. The predicted molar refractivity (Wildman–Crippen MR) is 116 cm³/mol. The number of anilines is 1. The van der Waals surface area contributed by atoms with Gasteiger partial charge in [-0.15, -0.1) is 6.58 Å². The van der Waals surface area contributed by atoms with Gasteiger partial charge in [0, 0.05) is 19.2 Å². The van der Waals surface area contributed by atoms with E-state index >= 15 is 0 Å². The first kappa shape index (κ1) is 20.4. The fourth-order valence-corrected chi connectivity index (χ4v) is 3.51. The molecule has 0 saturated carbocycles. The third-order valence-corrected chi connectivity index (χ3v) is 4.93. The summed E-state index contributed by atoms with van der Waals surface area (Å²) in [6.07, 6.45) is 3.91. The minimum absolute atomic E-state index is 0.00112. The fourth-order valence-electron chi connectivity index (χ4n) is 3.51. The first-order chi connectivity index (χ1) is 14.0. The third kappa shape index (κ3) is 4.74. The van der Waals surface area contributed by atoms with Crippen LogP contribution in [0.25, 0.3) is 22.5 Å². The van der Waals surface area contributed by atoms with Crippen LogP contribution in [0, 0.1) is 6.92 Å². The third-order valence-electron chi connectivity index (χ3n) is 4.93. The molecule has 29 heavy (non-hydrogen) atoms. The number of nitrogens with zero attached hydrogens (tertiary/aromatic N) is 2. The Kier molecular flexibility index (Phi) is 6.50. The van der Waals surface area contributed by atoms with Crippen LogP contribution >= 0.6 is 0 Å². The summed E-state index contributed by atoms with van der Waals surface area (Å²) in [7, 11) is 2.04. The zero-order chi connectivity index (χ0) is 20.8. The molecule has 3 rings (SSSR count). The van der Waals surface area contributed by atoms with Gasteiger partial charge >= 0.3 is 5.97 Å². The molecular weight excluding hydrogens is 364 g/mol. The molecule has 150 valence electrons. The summed E-state index contributed by atoms with van der Waals surface area (Å²) in [4.78, 5) is 13.3. The zero-order valence-corrected chi connectivity index (χ0v) is 16.9. The van der Waals surface area contributed by atoms with Crippen LogP contribution in [0.5, 0.6) is 0 Å². The van der Waals surface area contributed by atoms with Gasteiger partial charge in [-0.25, -0.2) is 0 Å². The highest BCUT2D eigenvalue weighted by Crippen LogP contribution is 2.35. The van der Waals surface area contributed by atoms with E-state index in [1.807, 2.05) is 68.6 Å². The molecule has 1 heterocycles. The van der Waals surface area contributed by atoms with Gasteiger partial charge in [-0.2, -0.15) is 0 Å². The molecule has 0 spiro atoms. The number of aromatic nitrogens is 1. The molecule has 0 saturated heterocycles. The normalized spacial score (nSPS) is 10.7. The van der Waals surface area contributed by atoms with Crippen molar-refractivity contribution in [1.29, 1.82) is 0 Å². The van der Waals surface area contributed by atoms with Gasteiger partial charge in [0.1, 0.15) is 11.4 Å². The number of hydrogen-bond acceptors (Lipinski definition) is 4. The van der Waals surface area contributed by atoms with Crippen molar-refractivity contribution < 1.29 is 14.4 Å². The van der Waals surface area contributed by atoms with Gasteiger partial charge in [-0.3, -0.25) is 4.79 Å². The quantitative estimate of drug-likeness (QED) is 0.394. The lowest BCUT2D eigenvalue weighted by Crippen LogP contribution is -2.19. The minimum atomic E-state index is -0.838. The second-order valence-corrected chi connectivity index (χ2v) is 7.10. The van der Waals surface area contributed by atoms with Crippen LogP contribution in [-0.4, -0.2) is 29.8 Å². The highest BCUT2D eigenvalue weighted by atomic mass is 16.5. The number of rotatable bonds is 9. The topological polar surface area (TPSA) is 66.6 Å². The molecule has 1 N–H and O–H groups in total. The molecule has 0 unspecified atom stereocenters. The minimum Gasteiger partial charge on any atom is -0.481 e. The summed E-state index contributed by atoms with van der Waals surface area (Å²) in [5.41, 5.74) is 5.49. The molecule has 0 aliphatic heterocycles. The molecule has 3 aromatic rings. The Morgan fingerprint density at radius 1 is 1.17 bits per heavy atom. The number of aryl methyl sites for hydroxylation is 1. The molecule has 0 amide bonds. The zero-order valence-electron chi connectivity index (χ0n) is 16.9. The van der Waals surface area contributed by atoms with Crippen molar-refractivity contribution in [2.45, 2.75) is 26.2 Å². The number of carboxylic acids is 1. The van der Waals surface area contributed by atoms with Gasteiger partial charge in [0.25, 0.3) is 0 Å². The van der Waals surface area contributed by atoms with E-state index in [4.69, 9.17) is 9.63 Å². The predicted octanol–water partition coefficient (Wildman–Crippen LogP) is 5.35. The lowest BCUT2D eigenvalue weighted by molar-refractivity contribution is -0.136. The van der Waals surface area contributed by atoms with E-state index in [1.165, 1.54) is 0 Å². The first-order valence-corrected chi connectivity index (χ1v) is 9.70. The molecule has 1 aromatic heterocycles. The molecule has 0 radical (unpaired) electrons. The van der Waals surface area contributed by atoms with Crippen LogP contribution in [0.2, 0.25) is 0 Å². The smallest absolute Gasteiger partial charge is 0.307 e. The van der Waals surface area contributed by atoms with E-state index < -0.39 is 5.97 Å². The van der Waals surface area contributed by atoms with Gasteiger partial charge in [-0.05, 0) is 36.5 Å². The second kappa shape index (κ2) is 9.24. The van der Waals surface area contributed by atoms with Crippen molar-refractivity contribution in [3.8, 4) is 22.5 Å². The number of carboxylic acid groups (broad SMARTS) is 1. The monoisotopic (exact) mass is 390 g/mol. The Morgan fingerprint density at radius 2 is 1.86 bits per heavy atom. The first-order valence-electron chi connectivity index (χ1n) is 9.70. The van der Waals surface area contributed by atoms with Gasteiger partial charge in [0.15, 0.2) is 5.76 Å². The van der Waals surface area contributed by atoms with E-state index in [0.29, 0.717) is 0 Å². The largest absolute Gasteiger partial charge is 0.481 e. The summed E-state index contributed by atoms with van der Waals surface area (Å²) in [6.45, 7) is 6.61. The molecule has 5 nitrogen and oxygen atoms in total. The van der Waals surface area contributed by atoms with Crippen molar-refractivity contribution in [3.63, 3.8) is 0 Å². The van der Waals surface area contributed by atoms with Crippen molar-refractivity contribution >= 4 is 11.7 Å². The molecule has 0 aliphatic carbocycles. The average Bonchev–Trinajstić information content (AvgIpc) is 3.10. The van der Waals surface area contributed by atoms with Crippen molar-refractivity contribution in [2.75, 3.05) is 18.5 Å². The second-order valence-electron chi connectivity index (χ2n) is 7.10. The van der Waals surface area contributed by atoms with Crippen LogP contribution in [0.3, 0.4) is 0 Å². The Hall–Kier alpha value is -3.34. The molecular formula is C24H26N2O3. The molecule has 0 atom stereocenters. The van der Waals surface area contributed by atoms with E-state index in [0.717, 1.165) is 58.8 Å². The van der Waals surface area contributed by atoms with E-state index in [-0.39, 0.29) is 6.42 Å². The summed E-state index contributed by atoms with van der Waals surface area (Å²) < 4.78 is 5.64. The van der Waals surface area contributed by atoms with Crippen LogP contribution < -0.4 is 4.90 Å². The van der Waals surface area contributed by atoms with Crippen molar-refractivity contribution in [3.05, 3.63) is 72.4 Å². The Bertz CT molecular complexity index is 990.